The fourth-order valence-electron chi connectivity index (χ4n) is 7.68. The smallest absolute Gasteiger partial charge is 0.270 e. The molecular formula is C62H50N4O4. The van der Waals surface area contributed by atoms with E-state index in [9.17, 15) is 20.2 Å². The molecule has 0 aromatic heterocycles. The van der Waals surface area contributed by atoms with Gasteiger partial charge in [0.1, 0.15) is 0 Å². The van der Waals surface area contributed by atoms with Crippen molar-refractivity contribution in [2.45, 2.75) is 79.1 Å². The zero-order chi connectivity index (χ0) is 49.2. The molecule has 0 heterocycles. The molecule has 6 aromatic carbocycles. The average molecular weight is 915 g/mol. The molecule has 7 rings (SSSR count). The van der Waals surface area contributed by atoms with E-state index in [1.54, 1.807) is 12.1 Å². The molecule has 0 amide bonds. The molecule has 70 heavy (non-hydrogen) atoms. The van der Waals surface area contributed by atoms with Gasteiger partial charge in [0.15, 0.2) is 0 Å². The van der Waals surface area contributed by atoms with Crippen LogP contribution in [0.5, 0.6) is 0 Å². The maximum Gasteiger partial charge on any atom is 0.270 e. The largest absolute Gasteiger partial charge is 0.372 e. The Morgan fingerprint density at radius 1 is 0.386 bits per heavy atom. The van der Waals surface area contributed by atoms with Gasteiger partial charge in [-0.1, -0.05) is 124 Å². The number of anilines is 2. The number of fused-ring (bicyclic) bond motifs is 6. The lowest BCUT2D eigenvalue weighted by atomic mass is 10.1. The minimum Gasteiger partial charge on any atom is -0.372 e. The van der Waals surface area contributed by atoms with Crippen molar-refractivity contribution in [1.82, 2.24) is 0 Å². The van der Waals surface area contributed by atoms with Gasteiger partial charge in [0.2, 0.25) is 0 Å². The number of benzene rings is 5. The van der Waals surface area contributed by atoms with Crippen molar-refractivity contribution in [2.75, 3.05) is 36.0 Å². The van der Waals surface area contributed by atoms with Crippen LogP contribution in [0.2, 0.25) is 0 Å². The van der Waals surface area contributed by atoms with Crippen LogP contribution in [0.1, 0.15) is 79.1 Å². The molecule has 0 aliphatic heterocycles. The van der Waals surface area contributed by atoms with Gasteiger partial charge in [0.25, 0.3) is 11.4 Å². The minimum atomic E-state index is -0.498. The predicted octanol–water partition coefficient (Wildman–Crippen LogP) is 9.10. The molecule has 0 unspecified atom stereocenters. The molecule has 8 nitrogen and oxygen atoms in total. The molecule has 0 radical (unpaired) electrons. The Hall–Kier alpha value is -9.02. The Kier molecular flexibility index (Phi) is 16.9. The van der Waals surface area contributed by atoms with E-state index in [4.69, 9.17) is 0 Å². The lowest BCUT2D eigenvalue weighted by Gasteiger charge is -2.24. The van der Waals surface area contributed by atoms with E-state index in [-0.39, 0.29) is 11.4 Å². The van der Waals surface area contributed by atoms with Crippen molar-refractivity contribution in [3.8, 4) is 0 Å². The second-order valence-corrected chi connectivity index (χ2v) is 16.8. The van der Waals surface area contributed by atoms with Crippen LogP contribution in [0.4, 0.5) is 22.7 Å². The highest BCUT2D eigenvalue weighted by molar-refractivity contribution is 5.86. The molecule has 342 valence electrons. The topological polar surface area (TPSA) is 92.8 Å². The first-order valence-corrected chi connectivity index (χ1v) is 23.8. The number of nitro benzene ring substituents is 2. The lowest BCUT2D eigenvalue weighted by Crippen LogP contribution is -2.25. The molecule has 8 heteroatoms. The summed E-state index contributed by atoms with van der Waals surface area (Å²) in [5.41, 5.74) is 26.1. The van der Waals surface area contributed by atoms with E-state index in [2.05, 4.69) is 156 Å². The fourth-order valence-corrected chi connectivity index (χ4v) is 7.68. The quantitative estimate of drug-likeness (QED) is 0.0546. The Balaban J connectivity index is 1.66. The fraction of sp³-hybridized carbons (Fsp3) is 0.258. The Bertz CT molecular complexity index is 3500. The molecule has 0 atom stereocenters. The maximum absolute atomic E-state index is 11.8. The summed E-state index contributed by atoms with van der Waals surface area (Å²) in [6, 6.07) is 51.6. The van der Waals surface area contributed by atoms with Crippen molar-refractivity contribution >= 4 is 89.5 Å². The second-order valence-electron chi connectivity index (χ2n) is 16.8. The van der Waals surface area contributed by atoms with Crippen LogP contribution in [0.3, 0.4) is 0 Å². The average Bonchev–Trinajstić information content (AvgIpc) is 3.37. The highest BCUT2D eigenvalue weighted by Crippen LogP contribution is 2.22. The third kappa shape index (κ3) is 12.7. The summed E-state index contributed by atoms with van der Waals surface area (Å²) >= 11 is 0. The predicted molar refractivity (Wildman–Crippen MR) is 280 cm³/mol. The molecule has 0 N–H and O–H groups in total. The highest BCUT2D eigenvalue weighted by Gasteiger charge is 2.09. The van der Waals surface area contributed by atoms with Crippen LogP contribution >= 0.6 is 0 Å². The Morgan fingerprint density at radius 3 is 1.10 bits per heavy atom. The second kappa shape index (κ2) is 24.1. The van der Waals surface area contributed by atoms with Gasteiger partial charge in [0.05, 0.1) is 9.85 Å². The van der Waals surface area contributed by atoms with Gasteiger partial charge in [-0.3, -0.25) is 20.2 Å². The number of nitro groups is 2. The van der Waals surface area contributed by atoms with Gasteiger partial charge in [-0.2, -0.15) is 0 Å². The van der Waals surface area contributed by atoms with E-state index >= 15 is 0 Å². The summed E-state index contributed by atoms with van der Waals surface area (Å²) in [5.74, 6) is 0. The monoisotopic (exact) mass is 914 g/mol. The molecule has 6 aromatic rings. The van der Waals surface area contributed by atoms with Crippen molar-refractivity contribution in [3.05, 3.63) is 196 Å². The lowest BCUT2D eigenvalue weighted by molar-refractivity contribution is -0.385. The van der Waals surface area contributed by atoms with Gasteiger partial charge < -0.3 is 9.80 Å². The maximum atomic E-state index is 11.8. The zero-order valence-corrected chi connectivity index (χ0v) is 40.0. The van der Waals surface area contributed by atoms with Crippen LogP contribution in [0.25, 0.3) is 66.7 Å². The molecule has 0 fully saturated rings. The summed E-state index contributed by atoms with van der Waals surface area (Å²) < 4.78 is 0. The van der Waals surface area contributed by atoms with Gasteiger partial charge in [-0.15, -0.1) is 0 Å². The van der Waals surface area contributed by atoms with Gasteiger partial charge in [0, 0.05) is 125 Å². The molecular weight excluding hydrogens is 865 g/mol. The number of nitrogens with zero attached hydrogens (tertiary/aromatic N) is 4. The van der Waals surface area contributed by atoms with E-state index in [1.165, 1.54) is 24.3 Å². The summed E-state index contributed by atoms with van der Waals surface area (Å²) in [4.78, 5) is 27.5. The van der Waals surface area contributed by atoms with Gasteiger partial charge in [-0.05, 0) is 110 Å². The summed E-state index contributed by atoms with van der Waals surface area (Å²) in [6.07, 6.45) is 8.65. The first-order chi connectivity index (χ1) is 34.2. The van der Waals surface area contributed by atoms with Gasteiger partial charge >= 0.3 is 0 Å². The highest BCUT2D eigenvalue weighted by atomic mass is 16.6. The number of rotatable bonds is 16. The standard InChI is InChI=1S/C62H50N4O4/c1-5-9-37-63(38-10-6-2)59-33-29-47-21-25-55-41-57-27-23-49-31-35-61(65(67)68)45-53(49)19-15-16-20-54-46-62(66(69)70)36-32-50(54)24-28-58(57)42-56(55)26-22-48-30-34-60(64(39-11-7-3)40-12-8-4)44-52(48)18-14-13-17-51(47)43-59/h29-36,41-46H,5-12,37-40H2,1-4H3. The Labute approximate surface area is 409 Å². The van der Waals surface area contributed by atoms with Crippen LogP contribution < -0.4 is 41.1 Å². The van der Waals surface area contributed by atoms with Crippen molar-refractivity contribution in [1.29, 1.82) is 0 Å². The summed E-state index contributed by atoms with van der Waals surface area (Å²) in [7, 11) is 0. The van der Waals surface area contributed by atoms with E-state index < -0.39 is 9.85 Å². The van der Waals surface area contributed by atoms with Gasteiger partial charge in [-0.25, -0.2) is 0 Å². The zero-order valence-electron chi connectivity index (χ0n) is 40.0. The molecule has 0 bridgehead atoms. The molecule has 1 aliphatic rings. The van der Waals surface area contributed by atoms with Crippen molar-refractivity contribution in [3.63, 3.8) is 0 Å². The summed E-state index contributed by atoms with van der Waals surface area (Å²) in [5, 5.41) is 30.3. The van der Waals surface area contributed by atoms with E-state index in [0.717, 1.165) is 110 Å². The number of hydrogen-bond donors (Lipinski definition) is 0. The normalized spacial score (nSPS) is 10.5. The minimum absolute atomic E-state index is 0.155. The molecule has 0 saturated heterocycles. The van der Waals surface area contributed by atoms with Crippen LogP contribution in [0.15, 0.2) is 96.4 Å². The third-order valence-corrected chi connectivity index (χ3v) is 11.7. The third-order valence-electron chi connectivity index (χ3n) is 11.7. The number of hydrogen-bond acceptors (Lipinski definition) is 6. The first-order valence-electron chi connectivity index (χ1n) is 23.8. The molecule has 1 aliphatic carbocycles. The molecule has 0 spiro atoms. The summed E-state index contributed by atoms with van der Waals surface area (Å²) in [6.45, 7) is 12.6. The SMILES string of the molecule is CCCCN(CCCC)c1ccc2c#cc3cc4c(cc3c#cc3ccc(N(CCCC)CCCC)cc3c#cc#cc2c1)=C=C=c1ccc([N+](=O)[O-])cc1=C=C=C=C=c1cc([N+](=O)[O-])ccc1=C=C=4. The molecule has 0 saturated carbocycles. The van der Waals surface area contributed by atoms with Crippen LogP contribution in [0, 0.1) is 68.8 Å². The van der Waals surface area contributed by atoms with Crippen molar-refractivity contribution in [2.24, 2.45) is 0 Å². The van der Waals surface area contributed by atoms with E-state index in [1.807, 2.05) is 24.3 Å². The Morgan fingerprint density at radius 2 is 0.729 bits per heavy atom. The van der Waals surface area contributed by atoms with E-state index in [0.29, 0.717) is 42.1 Å². The van der Waals surface area contributed by atoms with Crippen molar-refractivity contribution < 1.29 is 9.85 Å². The number of non-ortho nitro benzene ring substituents is 2. The van der Waals surface area contributed by atoms with Crippen LogP contribution in [-0.4, -0.2) is 36.0 Å². The van der Waals surface area contributed by atoms with Crippen LogP contribution in [-0.2, 0) is 0 Å². The first kappa shape index (κ1) is 48.9. The number of unbranched alkanes of at least 4 members (excludes halogenated alkanes) is 4.